The predicted molar refractivity (Wildman–Crippen MR) is 82.7 cm³/mol. The highest BCUT2D eigenvalue weighted by atomic mass is 32.2. The second kappa shape index (κ2) is 7.12. The molecule has 3 atom stereocenters. The van der Waals surface area contributed by atoms with Crippen LogP contribution in [0.3, 0.4) is 0 Å². The molecular formula is C14H21NO2S2. The third-order valence-electron chi connectivity index (χ3n) is 2.44. The van der Waals surface area contributed by atoms with E-state index in [9.17, 15) is 8.42 Å². The Labute approximate surface area is 120 Å². The first kappa shape index (κ1) is 16.3. The molecule has 1 aromatic rings. The molecule has 0 aromatic heterocycles. The fourth-order valence-electron chi connectivity index (χ4n) is 1.30. The summed E-state index contributed by atoms with van der Waals surface area (Å²) in [6, 6.07) is 9.03. The summed E-state index contributed by atoms with van der Waals surface area (Å²) in [5, 5.41) is 0. The second-order valence-electron chi connectivity index (χ2n) is 5.17. The Balaban J connectivity index is 2.66. The largest absolute Gasteiger partial charge is 0.254 e. The van der Waals surface area contributed by atoms with Gasteiger partial charge in [-0.15, -0.1) is 6.58 Å². The van der Waals surface area contributed by atoms with Gasteiger partial charge >= 0.3 is 0 Å². The van der Waals surface area contributed by atoms with E-state index in [-0.39, 0.29) is 10.8 Å². The van der Waals surface area contributed by atoms with E-state index in [0.29, 0.717) is 5.75 Å². The van der Waals surface area contributed by atoms with Gasteiger partial charge in [-0.2, -0.15) is 0 Å². The Morgan fingerprint density at radius 1 is 1.26 bits per heavy atom. The summed E-state index contributed by atoms with van der Waals surface area (Å²) >= 11 is 0. The third kappa shape index (κ3) is 5.38. The summed E-state index contributed by atoms with van der Waals surface area (Å²) in [6.07, 6.45) is 1.66. The molecule has 0 aliphatic heterocycles. The van der Waals surface area contributed by atoms with Crippen molar-refractivity contribution in [2.45, 2.75) is 36.5 Å². The zero-order chi connectivity index (χ0) is 14.5. The molecule has 0 saturated heterocycles. The molecule has 1 rings (SSSR count). The first-order valence-electron chi connectivity index (χ1n) is 6.08. The van der Waals surface area contributed by atoms with Crippen LogP contribution in [0.25, 0.3) is 0 Å². The third-order valence-corrected chi connectivity index (χ3v) is 5.53. The Bertz CT molecular complexity index is 466. The van der Waals surface area contributed by atoms with E-state index in [4.69, 9.17) is 0 Å². The van der Waals surface area contributed by atoms with Gasteiger partial charge in [-0.25, -0.2) is 8.93 Å². The van der Waals surface area contributed by atoms with Crippen LogP contribution in [0.2, 0.25) is 0 Å². The summed E-state index contributed by atoms with van der Waals surface area (Å²) in [5.41, 5.74) is 0. The van der Waals surface area contributed by atoms with Gasteiger partial charge in [0.05, 0.1) is 26.5 Å². The maximum absolute atomic E-state index is 12.2. The van der Waals surface area contributed by atoms with E-state index in [1.54, 1.807) is 6.08 Å². The van der Waals surface area contributed by atoms with Crippen molar-refractivity contribution in [1.82, 2.24) is 4.72 Å². The minimum atomic E-state index is -1.20. The van der Waals surface area contributed by atoms with Gasteiger partial charge in [-0.1, -0.05) is 24.3 Å². The van der Waals surface area contributed by atoms with Gasteiger partial charge in [0, 0.05) is 16.7 Å². The fraction of sp³-hybridized carbons (Fsp3) is 0.429. The smallest absolute Gasteiger partial charge is 0.0976 e. The lowest BCUT2D eigenvalue weighted by molar-refractivity contribution is 0.627. The van der Waals surface area contributed by atoms with Gasteiger partial charge in [0.1, 0.15) is 0 Å². The van der Waals surface area contributed by atoms with Crippen LogP contribution in [0, 0.1) is 0 Å². The standard InChI is InChI=1S/C14H21NO2S2/c1-5-12(15-19(17)14(2,3)4)11-18(16)13-9-7-6-8-10-13/h5-10,12,15H,1,11H2,2-4H3/t12-,18+,19+/m1/s1. The molecule has 1 aromatic carbocycles. The SMILES string of the molecule is C=C[C@H](C[S@](=O)c1ccccc1)N[S@@](=O)C(C)(C)C. The molecule has 19 heavy (non-hydrogen) atoms. The lowest BCUT2D eigenvalue weighted by atomic mass is 10.3. The number of hydrogen-bond donors (Lipinski definition) is 1. The van der Waals surface area contributed by atoms with Crippen molar-refractivity contribution in [2.24, 2.45) is 0 Å². The maximum Gasteiger partial charge on any atom is 0.0976 e. The quantitative estimate of drug-likeness (QED) is 0.820. The van der Waals surface area contributed by atoms with Crippen molar-refractivity contribution in [2.75, 3.05) is 5.75 Å². The van der Waals surface area contributed by atoms with Gasteiger partial charge in [-0.3, -0.25) is 4.21 Å². The van der Waals surface area contributed by atoms with E-state index in [1.807, 2.05) is 51.1 Å². The monoisotopic (exact) mass is 299 g/mol. The average Bonchev–Trinajstić information content (AvgIpc) is 2.37. The van der Waals surface area contributed by atoms with Crippen molar-refractivity contribution in [3.63, 3.8) is 0 Å². The van der Waals surface area contributed by atoms with Crippen LogP contribution in [0.1, 0.15) is 20.8 Å². The van der Waals surface area contributed by atoms with E-state index >= 15 is 0 Å². The summed E-state index contributed by atoms with van der Waals surface area (Å²) in [7, 11) is -2.32. The first-order chi connectivity index (χ1) is 8.84. The summed E-state index contributed by atoms with van der Waals surface area (Å²) in [5.74, 6) is 0.370. The highest BCUT2D eigenvalue weighted by Crippen LogP contribution is 2.11. The van der Waals surface area contributed by atoms with Crippen molar-refractivity contribution >= 4 is 21.8 Å². The van der Waals surface area contributed by atoms with Crippen LogP contribution < -0.4 is 4.72 Å². The zero-order valence-corrected chi connectivity index (χ0v) is 13.2. The van der Waals surface area contributed by atoms with Crippen molar-refractivity contribution in [1.29, 1.82) is 0 Å². The highest BCUT2D eigenvalue weighted by molar-refractivity contribution is 7.85. The van der Waals surface area contributed by atoms with Crippen molar-refractivity contribution in [3.05, 3.63) is 43.0 Å². The maximum atomic E-state index is 12.2. The number of hydrogen-bond acceptors (Lipinski definition) is 2. The molecular weight excluding hydrogens is 278 g/mol. The van der Waals surface area contributed by atoms with Gasteiger partial charge < -0.3 is 0 Å². The van der Waals surface area contributed by atoms with E-state index in [0.717, 1.165) is 4.90 Å². The molecule has 0 bridgehead atoms. The van der Waals surface area contributed by atoms with Crippen LogP contribution in [-0.4, -0.2) is 25.0 Å². The van der Waals surface area contributed by atoms with E-state index < -0.39 is 21.8 Å². The highest BCUT2D eigenvalue weighted by Gasteiger charge is 2.22. The van der Waals surface area contributed by atoms with Gasteiger partial charge in [0.2, 0.25) is 0 Å². The minimum absolute atomic E-state index is 0.235. The van der Waals surface area contributed by atoms with Crippen LogP contribution in [0.15, 0.2) is 47.9 Å². The van der Waals surface area contributed by atoms with Crippen LogP contribution in [0.5, 0.6) is 0 Å². The van der Waals surface area contributed by atoms with E-state index in [1.165, 1.54) is 0 Å². The lowest BCUT2D eigenvalue weighted by Gasteiger charge is -2.22. The number of benzene rings is 1. The summed E-state index contributed by atoms with van der Waals surface area (Å²) in [6.45, 7) is 9.39. The molecule has 3 nitrogen and oxygen atoms in total. The van der Waals surface area contributed by atoms with Gasteiger partial charge in [0.25, 0.3) is 0 Å². The average molecular weight is 299 g/mol. The molecule has 1 N–H and O–H groups in total. The molecule has 0 spiro atoms. The zero-order valence-electron chi connectivity index (χ0n) is 11.6. The Morgan fingerprint density at radius 2 is 1.84 bits per heavy atom. The fourth-order valence-corrected chi connectivity index (χ4v) is 3.41. The first-order valence-corrected chi connectivity index (χ1v) is 8.55. The topological polar surface area (TPSA) is 46.2 Å². The molecule has 106 valence electrons. The summed E-state index contributed by atoms with van der Waals surface area (Å²) in [4.78, 5) is 0.776. The number of nitrogens with one attached hydrogen (secondary N) is 1. The Morgan fingerprint density at radius 3 is 2.32 bits per heavy atom. The van der Waals surface area contributed by atoms with Crippen LogP contribution >= 0.6 is 0 Å². The molecule has 0 unspecified atom stereocenters. The normalized spacial score (nSPS) is 16.6. The van der Waals surface area contributed by atoms with Gasteiger partial charge in [-0.05, 0) is 32.9 Å². The molecule has 0 saturated carbocycles. The molecule has 0 radical (unpaired) electrons. The summed E-state index contributed by atoms with van der Waals surface area (Å²) < 4.78 is 26.8. The Hall–Kier alpha value is -0.780. The molecule has 0 fully saturated rings. The molecule has 0 heterocycles. The molecule has 0 aliphatic carbocycles. The predicted octanol–water partition coefficient (Wildman–Crippen LogP) is 2.40. The molecule has 0 amide bonds. The second-order valence-corrected chi connectivity index (χ2v) is 8.66. The van der Waals surface area contributed by atoms with Crippen molar-refractivity contribution in [3.8, 4) is 0 Å². The minimum Gasteiger partial charge on any atom is -0.254 e. The van der Waals surface area contributed by atoms with Crippen molar-refractivity contribution < 1.29 is 8.42 Å². The van der Waals surface area contributed by atoms with E-state index in [2.05, 4.69) is 11.3 Å². The molecule has 5 heteroatoms. The van der Waals surface area contributed by atoms with Crippen LogP contribution in [-0.2, 0) is 21.8 Å². The molecule has 0 aliphatic rings. The number of rotatable bonds is 6. The van der Waals surface area contributed by atoms with Crippen LogP contribution in [0.4, 0.5) is 0 Å². The lowest BCUT2D eigenvalue weighted by Crippen LogP contribution is -2.41. The Kier molecular flexibility index (Phi) is 6.10. The van der Waals surface area contributed by atoms with Gasteiger partial charge in [0.15, 0.2) is 0 Å².